The number of rotatable bonds is 6. The minimum absolute atomic E-state index is 0.144. The first kappa shape index (κ1) is 19.8. The molecule has 0 aliphatic carbocycles. The van der Waals surface area contributed by atoms with Gasteiger partial charge in [0, 0.05) is 30.6 Å². The Morgan fingerprint density at radius 2 is 2.10 bits per heavy atom. The van der Waals surface area contributed by atoms with E-state index in [-0.39, 0.29) is 24.3 Å². The van der Waals surface area contributed by atoms with Crippen molar-refractivity contribution in [3.63, 3.8) is 0 Å². The molecule has 3 aromatic rings. The van der Waals surface area contributed by atoms with Crippen LogP contribution in [0.5, 0.6) is 0 Å². The van der Waals surface area contributed by atoms with Crippen LogP contribution in [0.15, 0.2) is 35.7 Å². The fourth-order valence-corrected chi connectivity index (χ4v) is 5.07. The molecule has 0 bridgehead atoms. The molecule has 0 radical (unpaired) electrons. The van der Waals surface area contributed by atoms with Crippen molar-refractivity contribution in [2.24, 2.45) is 0 Å². The summed E-state index contributed by atoms with van der Waals surface area (Å²) in [4.78, 5) is 32.0. The minimum atomic E-state index is -0.326. The van der Waals surface area contributed by atoms with Crippen LogP contribution in [-0.2, 0) is 14.3 Å². The van der Waals surface area contributed by atoms with Gasteiger partial charge in [0.25, 0.3) is 0 Å². The van der Waals surface area contributed by atoms with Crippen molar-refractivity contribution in [2.45, 2.75) is 19.4 Å². The van der Waals surface area contributed by atoms with E-state index >= 15 is 0 Å². The SMILES string of the molecule is CC(=O)NC(CC(=O)Nc1ccc2nc(N3CCOCC3)sc2c1)c1cccs1. The molecule has 1 aliphatic heterocycles. The summed E-state index contributed by atoms with van der Waals surface area (Å²) in [5, 5.41) is 8.72. The normalized spacial score (nSPS) is 15.3. The summed E-state index contributed by atoms with van der Waals surface area (Å²) in [6.45, 7) is 4.59. The zero-order valence-corrected chi connectivity index (χ0v) is 17.6. The molecule has 4 rings (SSSR count). The molecule has 9 heteroatoms. The number of ether oxygens (including phenoxy) is 1. The van der Waals surface area contributed by atoms with Crippen LogP contribution in [0, 0.1) is 0 Å². The van der Waals surface area contributed by atoms with Crippen LogP contribution in [0.1, 0.15) is 24.3 Å². The lowest BCUT2D eigenvalue weighted by molar-refractivity contribution is -0.120. The lowest BCUT2D eigenvalue weighted by Gasteiger charge is -2.25. The van der Waals surface area contributed by atoms with E-state index in [1.165, 1.54) is 18.3 Å². The number of thiophene rings is 1. The molecule has 1 unspecified atom stereocenters. The summed E-state index contributed by atoms with van der Waals surface area (Å²) in [5.41, 5.74) is 1.65. The third-order valence-corrected chi connectivity index (χ3v) is 6.66. The molecule has 0 spiro atoms. The number of anilines is 2. The number of benzene rings is 1. The molecule has 2 aromatic heterocycles. The molecule has 2 amide bonds. The number of morpholine rings is 1. The Bertz CT molecular complexity index is 997. The van der Waals surface area contributed by atoms with E-state index in [2.05, 4.69) is 15.5 Å². The Labute approximate surface area is 176 Å². The van der Waals surface area contributed by atoms with Crippen molar-refractivity contribution in [1.29, 1.82) is 0 Å². The van der Waals surface area contributed by atoms with Crippen molar-refractivity contribution in [3.8, 4) is 0 Å². The molecular formula is C20H22N4O3S2. The third-order valence-electron chi connectivity index (χ3n) is 4.60. The highest BCUT2D eigenvalue weighted by Crippen LogP contribution is 2.31. The van der Waals surface area contributed by atoms with Gasteiger partial charge in [-0.05, 0) is 29.6 Å². The first-order valence-electron chi connectivity index (χ1n) is 9.42. The zero-order chi connectivity index (χ0) is 20.2. The van der Waals surface area contributed by atoms with Crippen molar-refractivity contribution in [1.82, 2.24) is 10.3 Å². The average Bonchev–Trinajstić information content (AvgIpc) is 3.37. The summed E-state index contributed by atoms with van der Waals surface area (Å²) in [5.74, 6) is -0.299. The predicted octanol–water partition coefficient (Wildman–Crippen LogP) is 3.40. The summed E-state index contributed by atoms with van der Waals surface area (Å²) in [6.07, 6.45) is 0.180. The number of carbonyl (C=O) groups excluding carboxylic acids is 2. The molecule has 29 heavy (non-hydrogen) atoms. The number of fused-ring (bicyclic) bond motifs is 1. The molecule has 1 aliphatic rings. The van der Waals surface area contributed by atoms with Gasteiger partial charge in [-0.2, -0.15) is 0 Å². The molecule has 1 fully saturated rings. The van der Waals surface area contributed by atoms with Crippen molar-refractivity contribution in [2.75, 3.05) is 36.5 Å². The molecule has 3 heterocycles. The topological polar surface area (TPSA) is 83.6 Å². The Morgan fingerprint density at radius 1 is 1.28 bits per heavy atom. The van der Waals surface area contributed by atoms with Gasteiger partial charge in [0.2, 0.25) is 11.8 Å². The summed E-state index contributed by atoms with van der Waals surface area (Å²) < 4.78 is 6.43. The zero-order valence-electron chi connectivity index (χ0n) is 16.0. The Morgan fingerprint density at radius 3 is 2.83 bits per heavy atom. The predicted molar refractivity (Wildman–Crippen MR) is 117 cm³/mol. The van der Waals surface area contributed by atoms with Crippen LogP contribution in [0.4, 0.5) is 10.8 Å². The van der Waals surface area contributed by atoms with E-state index in [1.807, 2.05) is 35.7 Å². The van der Waals surface area contributed by atoms with Crippen LogP contribution in [0.3, 0.4) is 0 Å². The smallest absolute Gasteiger partial charge is 0.226 e. The molecule has 7 nitrogen and oxygen atoms in total. The second-order valence-corrected chi connectivity index (χ2v) is 8.79. The minimum Gasteiger partial charge on any atom is -0.378 e. The highest BCUT2D eigenvalue weighted by molar-refractivity contribution is 7.22. The first-order valence-corrected chi connectivity index (χ1v) is 11.1. The molecule has 152 valence electrons. The van der Waals surface area contributed by atoms with Gasteiger partial charge < -0.3 is 20.3 Å². The lowest BCUT2D eigenvalue weighted by atomic mass is 10.1. The molecule has 0 saturated carbocycles. The number of nitrogens with one attached hydrogen (secondary N) is 2. The van der Waals surface area contributed by atoms with Crippen molar-refractivity contribution >= 4 is 55.5 Å². The van der Waals surface area contributed by atoms with Gasteiger partial charge in [0.05, 0.1) is 35.9 Å². The molecule has 1 aromatic carbocycles. The number of carbonyl (C=O) groups is 2. The Hall–Kier alpha value is -2.49. The lowest BCUT2D eigenvalue weighted by Crippen LogP contribution is -2.36. The van der Waals surface area contributed by atoms with E-state index in [1.54, 1.807) is 11.3 Å². The van der Waals surface area contributed by atoms with E-state index in [4.69, 9.17) is 9.72 Å². The number of hydrogen-bond donors (Lipinski definition) is 2. The van der Waals surface area contributed by atoms with Gasteiger partial charge in [-0.15, -0.1) is 11.3 Å². The second kappa shape index (κ2) is 8.89. The van der Waals surface area contributed by atoms with Gasteiger partial charge in [0.1, 0.15) is 0 Å². The van der Waals surface area contributed by atoms with Gasteiger partial charge in [-0.25, -0.2) is 4.98 Å². The first-order chi connectivity index (χ1) is 14.1. The fourth-order valence-electron chi connectivity index (χ4n) is 3.24. The van der Waals surface area contributed by atoms with E-state index in [9.17, 15) is 9.59 Å². The van der Waals surface area contributed by atoms with Crippen LogP contribution in [0.2, 0.25) is 0 Å². The Balaban J connectivity index is 1.45. The van der Waals surface area contributed by atoms with Crippen LogP contribution in [-0.4, -0.2) is 43.1 Å². The number of nitrogens with zero attached hydrogens (tertiary/aromatic N) is 2. The average molecular weight is 431 g/mol. The monoisotopic (exact) mass is 430 g/mol. The summed E-state index contributed by atoms with van der Waals surface area (Å²) >= 11 is 3.14. The third kappa shape index (κ3) is 4.92. The quantitative estimate of drug-likeness (QED) is 0.626. The van der Waals surface area contributed by atoms with E-state index in [0.29, 0.717) is 0 Å². The standard InChI is InChI=1S/C20H22N4O3S2/c1-13(25)21-16(17-3-2-10-28-17)12-19(26)22-14-4-5-15-18(11-14)29-20(23-15)24-6-8-27-9-7-24/h2-5,10-11,16H,6-9,12H2,1H3,(H,21,25)(H,22,26). The maximum absolute atomic E-state index is 12.6. The number of thiazole rings is 1. The van der Waals surface area contributed by atoms with Gasteiger partial charge in [-0.3, -0.25) is 9.59 Å². The number of amides is 2. The maximum atomic E-state index is 12.6. The summed E-state index contributed by atoms with van der Waals surface area (Å²) in [7, 11) is 0. The van der Waals surface area contributed by atoms with Crippen molar-refractivity contribution < 1.29 is 14.3 Å². The highest BCUT2D eigenvalue weighted by Gasteiger charge is 2.19. The van der Waals surface area contributed by atoms with Crippen molar-refractivity contribution in [3.05, 3.63) is 40.6 Å². The summed E-state index contributed by atoms with van der Waals surface area (Å²) in [6, 6.07) is 9.25. The largest absolute Gasteiger partial charge is 0.378 e. The maximum Gasteiger partial charge on any atom is 0.226 e. The van der Waals surface area contributed by atoms with Gasteiger partial charge in [0.15, 0.2) is 5.13 Å². The van der Waals surface area contributed by atoms with E-state index in [0.717, 1.165) is 52.2 Å². The molecule has 2 N–H and O–H groups in total. The molecular weight excluding hydrogens is 408 g/mol. The molecule has 1 saturated heterocycles. The number of aromatic nitrogens is 1. The van der Waals surface area contributed by atoms with Crippen LogP contribution in [0.25, 0.3) is 10.2 Å². The van der Waals surface area contributed by atoms with Gasteiger partial charge in [-0.1, -0.05) is 17.4 Å². The highest BCUT2D eigenvalue weighted by atomic mass is 32.1. The number of hydrogen-bond acceptors (Lipinski definition) is 7. The van der Waals surface area contributed by atoms with Crippen LogP contribution >= 0.6 is 22.7 Å². The fraction of sp³-hybridized carbons (Fsp3) is 0.350. The Kier molecular flexibility index (Phi) is 6.08. The van der Waals surface area contributed by atoms with Crippen LogP contribution < -0.4 is 15.5 Å². The van der Waals surface area contributed by atoms with E-state index < -0.39 is 0 Å². The molecule has 1 atom stereocenters. The second-order valence-electron chi connectivity index (χ2n) is 6.80. The van der Waals surface area contributed by atoms with Gasteiger partial charge >= 0.3 is 0 Å².